The van der Waals surface area contributed by atoms with Gasteiger partial charge in [0, 0.05) is 5.56 Å². The van der Waals surface area contributed by atoms with Gasteiger partial charge in [0.15, 0.2) is 0 Å². The van der Waals surface area contributed by atoms with Crippen molar-refractivity contribution >= 4 is 17.7 Å². The number of hydrazine groups is 1. The number of carbonyl (C=O) groups is 3. The fourth-order valence-corrected chi connectivity index (χ4v) is 4.86. The molecule has 2 bridgehead atoms. The number of carbonyl (C=O) groups excluding carboxylic acids is 3. The van der Waals surface area contributed by atoms with Gasteiger partial charge in [-0.25, -0.2) is 4.39 Å². The minimum Gasteiger partial charge on any atom is -0.272 e. The number of benzene rings is 1. The fourth-order valence-electron chi connectivity index (χ4n) is 4.86. The summed E-state index contributed by atoms with van der Waals surface area (Å²) in [6.07, 6.45) is 5.23. The summed E-state index contributed by atoms with van der Waals surface area (Å²) in [6, 6.07) is 5.16. The molecular formula is C18H15FN2O3. The van der Waals surface area contributed by atoms with Crippen molar-refractivity contribution < 1.29 is 18.8 Å². The summed E-state index contributed by atoms with van der Waals surface area (Å²) in [6.45, 7) is 0. The van der Waals surface area contributed by atoms with Gasteiger partial charge in [-0.15, -0.1) is 0 Å². The molecule has 2 saturated carbocycles. The Bertz CT molecular complexity index is 784. The maximum absolute atomic E-state index is 13.3. The van der Waals surface area contributed by atoms with Gasteiger partial charge in [-0.2, -0.15) is 5.01 Å². The van der Waals surface area contributed by atoms with Crippen LogP contribution in [0, 0.1) is 41.3 Å². The predicted octanol–water partition coefficient (Wildman–Crippen LogP) is 1.52. The van der Waals surface area contributed by atoms with Crippen LogP contribution in [0.3, 0.4) is 0 Å². The zero-order valence-corrected chi connectivity index (χ0v) is 12.7. The van der Waals surface area contributed by atoms with Crippen LogP contribution >= 0.6 is 0 Å². The topological polar surface area (TPSA) is 66.5 Å². The van der Waals surface area contributed by atoms with Crippen LogP contribution in [0.5, 0.6) is 0 Å². The van der Waals surface area contributed by atoms with Crippen molar-refractivity contribution in [2.75, 3.05) is 0 Å². The van der Waals surface area contributed by atoms with E-state index in [9.17, 15) is 18.8 Å². The van der Waals surface area contributed by atoms with E-state index in [1.54, 1.807) is 0 Å². The van der Waals surface area contributed by atoms with E-state index in [1.165, 1.54) is 18.2 Å². The summed E-state index contributed by atoms with van der Waals surface area (Å²) in [5.41, 5.74) is 2.46. The van der Waals surface area contributed by atoms with E-state index in [0.29, 0.717) is 11.8 Å². The van der Waals surface area contributed by atoms with Gasteiger partial charge in [0.25, 0.3) is 17.7 Å². The van der Waals surface area contributed by atoms with Gasteiger partial charge >= 0.3 is 0 Å². The van der Waals surface area contributed by atoms with Crippen molar-refractivity contribution in [3.8, 4) is 0 Å². The van der Waals surface area contributed by atoms with Crippen LogP contribution in [-0.4, -0.2) is 22.7 Å². The number of nitrogens with zero attached hydrogens (tertiary/aromatic N) is 1. The molecule has 5 unspecified atom stereocenters. The molecule has 1 aliphatic heterocycles. The molecule has 122 valence electrons. The van der Waals surface area contributed by atoms with Gasteiger partial charge in [0.2, 0.25) is 0 Å². The predicted molar refractivity (Wildman–Crippen MR) is 80.4 cm³/mol. The number of hydrogen-bond acceptors (Lipinski definition) is 3. The minimum absolute atomic E-state index is 0.0782. The first-order chi connectivity index (χ1) is 11.6. The first kappa shape index (κ1) is 13.9. The molecule has 6 rings (SSSR count). The molecule has 6 atom stereocenters. The molecule has 6 heteroatoms. The highest BCUT2D eigenvalue weighted by molar-refractivity contribution is 6.08. The van der Waals surface area contributed by atoms with Crippen LogP contribution in [0.25, 0.3) is 0 Å². The zero-order chi connectivity index (χ0) is 16.6. The van der Waals surface area contributed by atoms with E-state index in [4.69, 9.17) is 0 Å². The van der Waals surface area contributed by atoms with Gasteiger partial charge in [-0.1, -0.05) is 18.2 Å². The molecule has 3 fully saturated rings. The standard InChI is InChI=1S/C18H15FN2O3/c19-9-3-1-2-8(6-9)16(22)20-21-17(23)14-10-4-5-11(13-7-12(10)13)15(14)18(21)24/h1-6,10-15H,7H2,(H,20,22)/t10?,11?,12?,13?,14-,15?/m1/s1. The van der Waals surface area contributed by atoms with Crippen molar-refractivity contribution in [1.29, 1.82) is 0 Å². The lowest BCUT2D eigenvalue weighted by atomic mass is 9.63. The summed E-state index contributed by atoms with van der Waals surface area (Å²) in [5, 5.41) is 0.861. The largest absolute Gasteiger partial charge is 0.272 e. The molecule has 1 heterocycles. The molecule has 5 aliphatic rings. The smallest absolute Gasteiger partial charge is 0.270 e. The Morgan fingerprint density at radius 3 is 2.29 bits per heavy atom. The third-order valence-electron chi connectivity index (χ3n) is 5.96. The van der Waals surface area contributed by atoms with Gasteiger partial charge in [0.1, 0.15) is 5.82 Å². The number of rotatable bonds is 2. The molecule has 0 aromatic heterocycles. The Kier molecular flexibility index (Phi) is 2.62. The number of imide groups is 1. The highest BCUT2D eigenvalue weighted by atomic mass is 19.1. The molecule has 3 amide bonds. The molecule has 5 nitrogen and oxygen atoms in total. The van der Waals surface area contributed by atoms with Crippen LogP contribution in [-0.2, 0) is 9.59 Å². The number of amides is 3. The number of nitrogens with one attached hydrogen (secondary N) is 1. The first-order valence-electron chi connectivity index (χ1n) is 8.19. The Hall–Kier alpha value is -2.50. The lowest BCUT2D eigenvalue weighted by molar-refractivity contribution is -0.143. The summed E-state index contributed by atoms with van der Waals surface area (Å²) in [5.74, 6) is -1.34. The SMILES string of the molecule is O=C(NN1C(=O)C2C3C=CC(C4CC34)[C@H]2C1=O)c1cccc(F)c1. The van der Waals surface area contributed by atoms with E-state index >= 15 is 0 Å². The number of allylic oxidation sites excluding steroid dienone is 2. The molecule has 1 aromatic carbocycles. The average molecular weight is 326 g/mol. The highest BCUT2D eigenvalue weighted by Gasteiger charge is 2.67. The monoisotopic (exact) mass is 326 g/mol. The Morgan fingerprint density at radius 2 is 1.71 bits per heavy atom. The maximum Gasteiger partial charge on any atom is 0.270 e. The number of hydrogen-bond donors (Lipinski definition) is 1. The minimum atomic E-state index is -0.652. The zero-order valence-electron chi connectivity index (χ0n) is 12.7. The second-order valence-electron chi connectivity index (χ2n) is 7.12. The molecule has 24 heavy (non-hydrogen) atoms. The van der Waals surface area contributed by atoms with Crippen molar-refractivity contribution in [1.82, 2.24) is 10.4 Å². The van der Waals surface area contributed by atoms with E-state index in [-0.39, 0.29) is 41.0 Å². The van der Waals surface area contributed by atoms with E-state index in [1.807, 2.05) is 0 Å². The van der Waals surface area contributed by atoms with Crippen LogP contribution in [0.2, 0.25) is 0 Å². The van der Waals surface area contributed by atoms with Crippen LogP contribution in [0.4, 0.5) is 4.39 Å². The molecular weight excluding hydrogens is 311 g/mol. The van der Waals surface area contributed by atoms with Crippen molar-refractivity contribution in [2.45, 2.75) is 6.42 Å². The van der Waals surface area contributed by atoms with Crippen LogP contribution < -0.4 is 5.43 Å². The van der Waals surface area contributed by atoms with Crippen molar-refractivity contribution in [3.63, 3.8) is 0 Å². The third kappa shape index (κ3) is 1.71. The van der Waals surface area contributed by atoms with E-state index in [0.717, 1.165) is 17.5 Å². The van der Waals surface area contributed by atoms with Crippen molar-refractivity contribution in [3.05, 3.63) is 47.8 Å². The third-order valence-corrected chi connectivity index (χ3v) is 5.96. The summed E-state index contributed by atoms with van der Waals surface area (Å²) >= 11 is 0. The second-order valence-corrected chi connectivity index (χ2v) is 7.12. The summed E-state index contributed by atoms with van der Waals surface area (Å²) in [7, 11) is 0. The lowest BCUT2D eigenvalue weighted by Crippen LogP contribution is -2.46. The molecule has 4 aliphatic carbocycles. The maximum atomic E-state index is 13.3. The van der Waals surface area contributed by atoms with Gasteiger partial charge < -0.3 is 0 Å². The summed E-state index contributed by atoms with van der Waals surface area (Å²) in [4.78, 5) is 37.7. The Labute approximate surface area is 137 Å². The average Bonchev–Trinajstić information content (AvgIpc) is 3.36. The second kappa shape index (κ2) is 4.53. The Balaban J connectivity index is 1.41. The van der Waals surface area contributed by atoms with E-state index in [2.05, 4.69) is 17.6 Å². The van der Waals surface area contributed by atoms with Gasteiger partial charge in [-0.05, 0) is 48.3 Å². The lowest BCUT2D eigenvalue weighted by Gasteiger charge is -2.37. The quantitative estimate of drug-likeness (QED) is 0.662. The van der Waals surface area contributed by atoms with Gasteiger partial charge in [0.05, 0.1) is 11.8 Å². The molecule has 1 aromatic rings. The molecule has 1 saturated heterocycles. The first-order valence-corrected chi connectivity index (χ1v) is 8.19. The highest BCUT2D eigenvalue weighted by Crippen LogP contribution is 2.65. The molecule has 1 N–H and O–H groups in total. The fraction of sp³-hybridized carbons (Fsp3) is 0.389. The normalized spacial score (nSPS) is 38.1. The number of halogens is 1. The Morgan fingerprint density at radius 1 is 1.08 bits per heavy atom. The van der Waals surface area contributed by atoms with Gasteiger partial charge in [-0.3, -0.25) is 19.8 Å². The van der Waals surface area contributed by atoms with Crippen LogP contribution in [0.1, 0.15) is 16.8 Å². The summed E-state index contributed by atoms with van der Waals surface area (Å²) < 4.78 is 13.3. The van der Waals surface area contributed by atoms with Crippen LogP contribution in [0.15, 0.2) is 36.4 Å². The molecule has 0 radical (unpaired) electrons. The molecule has 0 spiro atoms. The van der Waals surface area contributed by atoms with E-state index < -0.39 is 11.7 Å². The van der Waals surface area contributed by atoms with Crippen molar-refractivity contribution in [2.24, 2.45) is 35.5 Å².